The van der Waals surface area contributed by atoms with E-state index in [-0.39, 0.29) is 11.4 Å². The number of fused-ring (bicyclic) bond motifs is 1. The summed E-state index contributed by atoms with van der Waals surface area (Å²) < 4.78 is 6.14. The van der Waals surface area contributed by atoms with Crippen molar-refractivity contribution in [1.29, 1.82) is 0 Å². The molecule has 0 fully saturated rings. The van der Waals surface area contributed by atoms with Crippen LogP contribution >= 0.6 is 0 Å². The molecule has 0 aliphatic heterocycles. The molecule has 0 atom stereocenters. The molecule has 0 spiro atoms. The maximum absolute atomic E-state index is 12.7. The van der Waals surface area contributed by atoms with Gasteiger partial charge in [0, 0.05) is 12.7 Å². The smallest absolute Gasteiger partial charge is 0.347 e. The number of carbonyl (C=O) groups is 1. The first-order valence-corrected chi connectivity index (χ1v) is 7.91. The second-order valence-electron chi connectivity index (χ2n) is 5.86. The zero-order valence-corrected chi connectivity index (χ0v) is 14.4. The Labute approximate surface area is 145 Å². The summed E-state index contributed by atoms with van der Waals surface area (Å²) in [6.45, 7) is 4.32. The largest absolute Gasteiger partial charge is 0.465 e. The number of aryl methyl sites for hydroxylation is 2. The van der Waals surface area contributed by atoms with Gasteiger partial charge < -0.3 is 10.1 Å². The third kappa shape index (κ3) is 3.24. The van der Waals surface area contributed by atoms with Crippen LogP contribution in [0.3, 0.4) is 0 Å². The first-order chi connectivity index (χ1) is 12.0. The number of rotatable bonds is 4. The zero-order valence-electron chi connectivity index (χ0n) is 14.4. The van der Waals surface area contributed by atoms with E-state index in [4.69, 9.17) is 4.74 Å². The first kappa shape index (κ1) is 16.7. The van der Waals surface area contributed by atoms with Gasteiger partial charge in [0.25, 0.3) is 5.56 Å². The summed E-state index contributed by atoms with van der Waals surface area (Å²) >= 11 is 0. The lowest BCUT2D eigenvalue weighted by atomic mass is 10.1. The minimum atomic E-state index is -0.708. The molecule has 6 heteroatoms. The molecule has 2 heterocycles. The first-order valence-electron chi connectivity index (χ1n) is 7.91. The van der Waals surface area contributed by atoms with Crippen molar-refractivity contribution >= 4 is 17.4 Å². The molecule has 3 aromatic rings. The Hall–Kier alpha value is -3.15. The summed E-state index contributed by atoms with van der Waals surface area (Å²) in [6.07, 6.45) is 1.59. The number of nitrogens with one attached hydrogen (secondary N) is 1. The minimum absolute atomic E-state index is 0.0988. The van der Waals surface area contributed by atoms with Gasteiger partial charge in [-0.3, -0.25) is 9.20 Å². The molecule has 0 aliphatic carbocycles. The highest BCUT2D eigenvalue weighted by Gasteiger charge is 2.21. The number of carbonyl (C=O) groups excluding carboxylic acids is 1. The van der Waals surface area contributed by atoms with Crippen LogP contribution in [-0.2, 0) is 11.3 Å². The van der Waals surface area contributed by atoms with Gasteiger partial charge in [-0.05, 0) is 31.0 Å². The number of esters is 1. The predicted molar refractivity (Wildman–Crippen MR) is 96.0 cm³/mol. The quantitative estimate of drug-likeness (QED) is 0.741. The molecule has 6 nitrogen and oxygen atoms in total. The van der Waals surface area contributed by atoms with E-state index in [1.54, 1.807) is 12.3 Å². The molecule has 0 saturated heterocycles. The van der Waals surface area contributed by atoms with E-state index in [1.165, 1.54) is 11.5 Å². The molecule has 1 aromatic carbocycles. The van der Waals surface area contributed by atoms with E-state index >= 15 is 0 Å². The standard InChI is InChI=1S/C19H19N3O3/c1-12-6-4-8-14(10-12)11-20-16-15(19(24)25-3)18(23)22-9-5-7-13(2)17(22)21-16/h4-10,20H,11H2,1-3H3. The molecule has 0 amide bonds. The van der Waals surface area contributed by atoms with Crippen molar-refractivity contribution in [1.82, 2.24) is 9.38 Å². The van der Waals surface area contributed by atoms with Gasteiger partial charge in [0.15, 0.2) is 5.56 Å². The van der Waals surface area contributed by atoms with Crippen LogP contribution in [0.1, 0.15) is 27.0 Å². The SMILES string of the molecule is COC(=O)c1c(NCc2cccc(C)c2)nc2c(C)cccn2c1=O. The lowest BCUT2D eigenvalue weighted by molar-refractivity contribution is 0.0599. The number of anilines is 1. The highest BCUT2D eigenvalue weighted by Crippen LogP contribution is 2.15. The second-order valence-corrected chi connectivity index (χ2v) is 5.86. The average Bonchev–Trinajstić information content (AvgIpc) is 2.60. The molecule has 1 N–H and O–H groups in total. The lowest BCUT2D eigenvalue weighted by Gasteiger charge is -2.12. The van der Waals surface area contributed by atoms with Crippen molar-refractivity contribution in [2.45, 2.75) is 20.4 Å². The van der Waals surface area contributed by atoms with Gasteiger partial charge in [-0.2, -0.15) is 0 Å². The molecular formula is C19H19N3O3. The van der Waals surface area contributed by atoms with Crippen LogP contribution in [0.25, 0.3) is 5.65 Å². The lowest BCUT2D eigenvalue weighted by Crippen LogP contribution is -2.27. The van der Waals surface area contributed by atoms with Crippen LogP contribution in [0, 0.1) is 13.8 Å². The fourth-order valence-electron chi connectivity index (χ4n) is 2.72. The highest BCUT2D eigenvalue weighted by molar-refractivity contribution is 5.94. The molecule has 128 valence electrons. The third-order valence-corrected chi connectivity index (χ3v) is 3.98. The molecule has 25 heavy (non-hydrogen) atoms. The van der Waals surface area contributed by atoms with Crippen LogP contribution in [0.15, 0.2) is 47.4 Å². The van der Waals surface area contributed by atoms with Crippen LogP contribution in [-0.4, -0.2) is 22.5 Å². The Balaban J connectivity index is 2.10. The Kier molecular flexibility index (Phi) is 4.52. The van der Waals surface area contributed by atoms with Crippen LogP contribution in [0.2, 0.25) is 0 Å². The monoisotopic (exact) mass is 337 g/mol. The summed E-state index contributed by atoms with van der Waals surface area (Å²) in [5.41, 5.74) is 2.96. The fourth-order valence-corrected chi connectivity index (χ4v) is 2.72. The number of aromatic nitrogens is 2. The van der Waals surface area contributed by atoms with Gasteiger partial charge in [0.2, 0.25) is 0 Å². The second kappa shape index (κ2) is 6.76. The van der Waals surface area contributed by atoms with Gasteiger partial charge in [-0.15, -0.1) is 0 Å². The van der Waals surface area contributed by atoms with Crippen molar-refractivity contribution in [3.63, 3.8) is 0 Å². The summed E-state index contributed by atoms with van der Waals surface area (Å²) in [4.78, 5) is 29.4. The van der Waals surface area contributed by atoms with E-state index in [2.05, 4.69) is 10.3 Å². The normalized spacial score (nSPS) is 10.7. The molecule has 0 radical (unpaired) electrons. The zero-order chi connectivity index (χ0) is 18.0. The number of hydrogen-bond donors (Lipinski definition) is 1. The highest BCUT2D eigenvalue weighted by atomic mass is 16.5. The van der Waals surface area contributed by atoms with Crippen molar-refractivity contribution in [2.24, 2.45) is 0 Å². The predicted octanol–water partition coefficient (Wildman–Crippen LogP) is 2.71. The van der Waals surface area contributed by atoms with E-state index < -0.39 is 11.5 Å². The average molecular weight is 337 g/mol. The van der Waals surface area contributed by atoms with Gasteiger partial charge in [-0.25, -0.2) is 9.78 Å². The Bertz CT molecular complexity index is 1010. The van der Waals surface area contributed by atoms with Crippen molar-refractivity contribution in [2.75, 3.05) is 12.4 Å². The van der Waals surface area contributed by atoms with E-state index in [0.717, 1.165) is 16.7 Å². The number of ether oxygens (including phenoxy) is 1. The number of hydrogen-bond acceptors (Lipinski definition) is 5. The minimum Gasteiger partial charge on any atom is -0.465 e. The number of nitrogens with zero attached hydrogens (tertiary/aromatic N) is 2. The Morgan fingerprint density at radius 1 is 1.24 bits per heavy atom. The van der Waals surface area contributed by atoms with Crippen LogP contribution in [0.4, 0.5) is 5.82 Å². The van der Waals surface area contributed by atoms with E-state index in [0.29, 0.717) is 12.2 Å². The van der Waals surface area contributed by atoms with E-state index in [9.17, 15) is 9.59 Å². The van der Waals surface area contributed by atoms with Gasteiger partial charge in [-0.1, -0.05) is 35.9 Å². The fraction of sp³-hybridized carbons (Fsp3) is 0.211. The Morgan fingerprint density at radius 3 is 2.76 bits per heavy atom. The van der Waals surface area contributed by atoms with Gasteiger partial charge in [0.05, 0.1) is 7.11 Å². The maximum Gasteiger partial charge on any atom is 0.347 e. The summed E-state index contributed by atoms with van der Waals surface area (Å²) in [5.74, 6) is -0.479. The summed E-state index contributed by atoms with van der Waals surface area (Å²) in [6, 6.07) is 11.6. The summed E-state index contributed by atoms with van der Waals surface area (Å²) in [5, 5.41) is 3.11. The molecule has 0 aliphatic rings. The molecule has 0 saturated carbocycles. The summed E-state index contributed by atoms with van der Waals surface area (Å²) in [7, 11) is 1.25. The van der Waals surface area contributed by atoms with Crippen molar-refractivity contribution in [3.05, 3.63) is 75.2 Å². The number of benzene rings is 1. The molecular weight excluding hydrogens is 318 g/mol. The third-order valence-electron chi connectivity index (χ3n) is 3.98. The Morgan fingerprint density at radius 2 is 2.04 bits per heavy atom. The van der Waals surface area contributed by atoms with Crippen molar-refractivity contribution < 1.29 is 9.53 Å². The number of methoxy groups -OCH3 is 1. The van der Waals surface area contributed by atoms with Crippen molar-refractivity contribution in [3.8, 4) is 0 Å². The van der Waals surface area contributed by atoms with Gasteiger partial charge >= 0.3 is 5.97 Å². The molecule has 0 bridgehead atoms. The number of pyridine rings is 1. The maximum atomic E-state index is 12.7. The topological polar surface area (TPSA) is 72.7 Å². The molecule has 2 aromatic heterocycles. The van der Waals surface area contributed by atoms with Gasteiger partial charge in [0.1, 0.15) is 11.5 Å². The molecule has 3 rings (SSSR count). The van der Waals surface area contributed by atoms with E-state index in [1.807, 2.05) is 44.2 Å². The molecule has 0 unspecified atom stereocenters. The van der Waals surface area contributed by atoms with Crippen LogP contribution in [0.5, 0.6) is 0 Å². The van der Waals surface area contributed by atoms with Crippen LogP contribution < -0.4 is 10.9 Å².